The van der Waals surface area contributed by atoms with Crippen LogP contribution in [0.25, 0.3) is 0 Å². The minimum atomic E-state index is 1.19. The maximum atomic E-state index is 4.38. The van der Waals surface area contributed by atoms with Gasteiger partial charge < -0.3 is 4.90 Å². The molecule has 0 aliphatic carbocycles. The van der Waals surface area contributed by atoms with Crippen molar-refractivity contribution >= 4 is 5.84 Å². The van der Waals surface area contributed by atoms with Crippen LogP contribution < -0.4 is 0 Å². The minimum Gasteiger partial charge on any atom is -0.360 e. The molecule has 2 nitrogen and oxygen atoms in total. The van der Waals surface area contributed by atoms with Gasteiger partial charge in [0.2, 0.25) is 0 Å². The van der Waals surface area contributed by atoms with Crippen LogP contribution in [0.15, 0.2) is 4.99 Å². The van der Waals surface area contributed by atoms with Crippen LogP contribution in [-0.4, -0.2) is 30.9 Å². The van der Waals surface area contributed by atoms with Crippen LogP contribution in [0.4, 0.5) is 0 Å². The smallest absolute Gasteiger partial charge is 0.0985 e. The molecule has 1 saturated heterocycles. The summed E-state index contributed by atoms with van der Waals surface area (Å²) in [6.45, 7) is 4.69. The summed E-state index contributed by atoms with van der Waals surface area (Å²) in [7, 11) is 1.93. The van der Waals surface area contributed by atoms with Crippen LogP contribution in [0.2, 0.25) is 0 Å². The first-order valence-electron chi connectivity index (χ1n) is 5.59. The molecule has 2 heteroatoms. The number of likely N-dealkylation sites (tertiary alicyclic amines) is 1. The zero-order valence-corrected chi connectivity index (χ0v) is 9.05. The highest BCUT2D eigenvalue weighted by atomic mass is 15.2. The summed E-state index contributed by atoms with van der Waals surface area (Å²) < 4.78 is 0. The third-order valence-corrected chi connectivity index (χ3v) is 2.73. The predicted octanol–water partition coefficient (Wildman–Crippen LogP) is 2.69. The normalized spacial score (nSPS) is 22.0. The van der Waals surface area contributed by atoms with Crippen molar-refractivity contribution in [1.82, 2.24) is 4.90 Å². The number of amidine groups is 1. The van der Waals surface area contributed by atoms with Crippen LogP contribution in [0.1, 0.15) is 45.4 Å². The highest BCUT2D eigenvalue weighted by Crippen LogP contribution is 2.12. The van der Waals surface area contributed by atoms with Gasteiger partial charge in [-0.05, 0) is 19.3 Å². The van der Waals surface area contributed by atoms with E-state index < -0.39 is 0 Å². The summed E-state index contributed by atoms with van der Waals surface area (Å²) in [4.78, 5) is 6.87. The van der Waals surface area contributed by atoms with Crippen molar-refractivity contribution in [3.05, 3.63) is 0 Å². The molecule has 1 fully saturated rings. The van der Waals surface area contributed by atoms with E-state index in [2.05, 4.69) is 16.8 Å². The van der Waals surface area contributed by atoms with E-state index >= 15 is 0 Å². The lowest BCUT2D eigenvalue weighted by Crippen LogP contribution is -2.31. The van der Waals surface area contributed by atoms with Crippen molar-refractivity contribution in [3.63, 3.8) is 0 Å². The lowest BCUT2D eigenvalue weighted by atomic mass is 10.2. The van der Waals surface area contributed by atoms with Gasteiger partial charge in [0.1, 0.15) is 0 Å². The van der Waals surface area contributed by atoms with E-state index in [0.717, 1.165) is 0 Å². The average molecular weight is 182 g/mol. The van der Waals surface area contributed by atoms with Gasteiger partial charge in [-0.2, -0.15) is 0 Å². The van der Waals surface area contributed by atoms with Crippen LogP contribution in [0.3, 0.4) is 0 Å². The van der Waals surface area contributed by atoms with Crippen LogP contribution in [0.5, 0.6) is 0 Å². The average Bonchev–Trinajstić information content (AvgIpc) is 2.39. The Bertz CT molecular complexity index is 163. The van der Waals surface area contributed by atoms with E-state index in [0.29, 0.717) is 0 Å². The summed E-state index contributed by atoms with van der Waals surface area (Å²) in [6.07, 6.45) is 7.84. The summed E-state index contributed by atoms with van der Waals surface area (Å²) in [5.41, 5.74) is 0. The fourth-order valence-corrected chi connectivity index (χ4v) is 1.89. The number of rotatable bonds is 3. The maximum Gasteiger partial charge on any atom is 0.0985 e. The van der Waals surface area contributed by atoms with Gasteiger partial charge in [-0.3, -0.25) is 4.99 Å². The number of hydrogen-bond donors (Lipinski definition) is 0. The fraction of sp³-hybridized carbons (Fsp3) is 0.909. The van der Waals surface area contributed by atoms with E-state index in [1.807, 2.05) is 7.05 Å². The zero-order valence-electron chi connectivity index (χ0n) is 9.05. The van der Waals surface area contributed by atoms with Gasteiger partial charge in [0.25, 0.3) is 0 Å². The van der Waals surface area contributed by atoms with E-state index in [-0.39, 0.29) is 0 Å². The Hall–Kier alpha value is -0.530. The highest BCUT2D eigenvalue weighted by molar-refractivity contribution is 5.82. The molecular weight excluding hydrogens is 160 g/mol. The van der Waals surface area contributed by atoms with Gasteiger partial charge in [0, 0.05) is 26.6 Å². The molecule has 0 atom stereocenters. The molecule has 0 N–H and O–H groups in total. The van der Waals surface area contributed by atoms with E-state index in [1.54, 1.807) is 0 Å². The molecule has 1 rings (SSSR count). The summed E-state index contributed by atoms with van der Waals surface area (Å²) in [6, 6.07) is 0. The number of aliphatic imine (C=N–C) groups is 1. The Kier molecular flexibility index (Phi) is 4.87. The van der Waals surface area contributed by atoms with Gasteiger partial charge in [0.05, 0.1) is 5.84 Å². The van der Waals surface area contributed by atoms with Gasteiger partial charge in [-0.15, -0.1) is 0 Å². The van der Waals surface area contributed by atoms with Gasteiger partial charge in [-0.1, -0.05) is 19.8 Å². The van der Waals surface area contributed by atoms with Crippen molar-refractivity contribution in [2.45, 2.75) is 45.4 Å². The third kappa shape index (κ3) is 3.37. The molecule has 0 unspecified atom stereocenters. The molecule has 0 amide bonds. The molecule has 0 bridgehead atoms. The molecule has 0 aromatic rings. The van der Waals surface area contributed by atoms with Crippen molar-refractivity contribution in [3.8, 4) is 0 Å². The molecule has 0 aromatic heterocycles. The first kappa shape index (κ1) is 10.6. The molecule has 0 radical (unpaired) electrons. The lowest BCUT2D eigenvalue weighted by molar-refractivity contribution is 0.403. The fourth-order valence-electron chi connectivity index (χ4n) is 1.89. The largest absolute Gasteiger partial charge is 0.360 e. The molecular formula is C11H22N2. The second kappa shape index (κ2) is 6.01. The quantitative estimate of drug-likeness (QED) is 0.655. The summed E-state index contributed by atoms with van der Waals surface area (Å²) in [5, 5.41) is 0. The minimum absolute atomic E-state index is 1.19. The Morgan fingerprint density at radius 1 is 1.31 bits per heavy atom. The first-order valence-corrected chi connectivity index (χ1v) is 5.59. The second-order valence-electron chi connectivity index (χ2n) is 3.79. The van der Waals surface area contributed by atoms with E-state index in [9.17, 15) is 0 Å². The summed E-state index contributed by atoms with van der Waals surface area (Å²) in [5.74, 6) is 1.34. The Balaban J connectivity index is 2.45. The Morgan fingerprint density at radius 3 is 2.85 bits per heavy atom. The molecule has 1 aliphatic heterocycles. The Labute approximate surface area is 82.0 Å². The van der Waals surface area contributed by atoms with Crippen molar-refractivity contribution in [2.75, 3.05) is 20.1 Å². The van der Waals surface area contributed by atoms with Crippen molar-refractivity contribution in [2.24, 2.45) is 4.99 Å². The number of unbranched alkanes of at least 4 members (excludes halogenated alkanes) is 1. The molecule has 76 valence electrons. The predicted molar refractivity (Wildman–Crippen MR) is 58.3 cm³/mol. The molecule has 13 heavy (non-hydrogen) atoms. The topological polar surface area (TPSA) is 15.6 Å². The standard InChI is InChI=1S/C11H22N2/c1-3-4-9-13-10-7-5-6-8-11(13)12-2/h3-10H2,1-2H3. The molecule has 0 aromatic carbocycles. The summed E-state index contributed by atoms with van der Waals surface area (Å²) >= 11 is 0. The molecule has 0 spiro atoms. The highest BCUT2D eigenvalue weighted by Gasteiger charge is 2.12. The number of hydrogen-bond acceptors (Lipinski definition) is 1. The van der Waals surface area contributed by atoms with Crippen LogP contribution in [-0.2, 0) is 0 Å². The third-order valence-electron chi connectivity index (χ3n) is 2.73. The van der Waals surface area contributed by atoms with Gasteiger partial charge in [0.15, 0.2) is 0 Å². The molecule has 0 saturated carbocycles. The van der Waals surface area contributed by atoms with Crippen LogP contribution >= 0.6 is 0 Å². The van der Waals surface area contributed by atoms with Gasteiger partial charge >= 0.3 is 0 Å². The second-order valence-corrected chi connectivity index (χ2v) is 3.79. The van der Waals surface area contributed by atoms with Crippen LogP contribution in [0, 0.1) is 0 Å². The zero-order chi connectivity index (χ0) is 9.52. The van der Waals surface area contributed by atoms with Crippen molar-refractivity contribution < 1.29 is 0 Å². The van der Waals surface area contributed by atoms with E-state index in [4.69, 9.17) is 0 Å². The number of nitrogens with zero attached hydrogens (tertiary/aromatic N) is 2. The SMILES string of the molecule is CCCCN1CCCCCC1=NC. The monoisotopic (exact) mass is 182 g/mol. The van der Waals surface area contributed by atoms with Gasteiger partial charge in [-0.25, -0.2) is 0 Å². The Morgan fingerprint density at radius 2 is 2.15 bits per heavy atom. The maximum absolute atomic E-state index is 4.38. The molecule has 1 aliphatic rings. The van der Waals surface area contributed by atoms with E-state index in [1.165, 1.54) is 57.5 Å². The lowest BCUT2D eigenvalue weighted by Gasteiger charge is -2.23. The van der Waals surface area contributed by atoms with Crippen molar-refractivity contribution in [1.29, 1.82) is 0 Å². The first-order chi connectivity index (χ1) is 6.38. The molecule has 1 heterocycles.